The van der Waals surface area contributed by atoms with Gasteiger partial charge in [0.05, 0.1) is 0 Å². The number of aryl methyl sites for hydroxylation is 2. The number of rotatable bonds is 4. The summed E-state index contributed by atoms with van der Waals surface area (Å²) >= 11 is 2.04. The van der Waals surface area contributed by atoms with Gasteiger partial charge in [-0.25, -0.2) is 0 Å². The zero-order chi connectivity index (χ0) is 11.9. The molecule has 0 saturated heterocycles. The van der Waals surface area contributed by atoms with E-state index in [0.29, 0.717) is 0 Å². The fourth-order valence-electron chi connectivity index (χ4n) is 3.99. The normalized spacial score (nSPS) is 32.3. The highest BCUT2D eigenvalue weighted by Gasteiger charge is 2.34. The lowest BCUT2D eigenvalue weighted by atomic mass is 9.94. The standard InChI is InChI=1S/C16H21NS/c1-2-13-8-15(18-16(13)3-1)10-17-9-14-7-11-4-5-12(14)6-11/h4-5,8,11-12,14,17H,1-3,6-7,9-10H2. The van der Waals surface area contributed by atoms with E-state index in [9.17, 15) is 0 Å². The zero-order valence-electron chi connectivity index (χ0n) is 10.8. The number of hydrogen-bond donors (Lipinski definition) is 1. The van der Waals surface area contributed by atoms with E-state index < -0.39 is 0 Å². The van der Waals surface area contributed by atoms with Crippen LogP contribution in [0.5, 0.6) is 0 Å². The Morgan fingerprint density at radius 1 is 1.22 bits per heavy atom. The lowest BCUT2D eigenvalue weighted by molar-refractivity contribution is 0.415. The fraction of sp³-hybridized carbons (Fsp3) is 0.625. The number of nitrogens with one attached hydrogen (secondary N) is 1. The van der Waals surface area contributed by atoms with Gasteiger partial charge in [0.1, 0.15) is 0 Å². The van der Waals surface area contributed by atoms with Crippen LogP contribution in [-0.2, 0) is 19.4 Å². The van der Waals surface area contributed by atoms with Gasteiger partial charge in [0, 0.05) is 16.3 Å². The van der Waals surface area contributed by atoms with E-state index in [0.717, 1.165) is 24.3 Å². The van der Waals surface area contributed by atoms with Crippen LogP contribution in [0.2, 0.25) is 0 Å². The van der Waals surface area contributed by atoms with Crippen molar-refractivity contribution in [1.29, 1.82) is 0 Å². The molecule has 1 aromatic rings. The molecule has 0 amide bonds. The SMILES string of the molecule is C1=CC2CC1CC2CNCc1cc2c(s1)CCC2. The number of fused-ring (bicyclic) bond motifs is 3. The molecule has 3 unspecified atom stereocenters. The van der Waals surface area contributed by atoms with Gasteiger partial charge in [-0.05, 0) is 68.0 Å². The third-order valence-electron chi connectivity index (χ3n) is 4.92. The molecule has 2 bridgehead atoms. The van der Waals surface area contributed by atoms with Crippen LogP contribution in [0.3, 0.4) is 0 Å². The van der Waals surface area contributed by atoms with Gasteiger partial charge in [-0.3, -0.25) is 0 Å². The van der Waals surface area contributed by atoms with Gasteiger partial charge in [0.15, 0.2) is 0 Å². The second-order valence-corrected chi connectivity index (χ2v) is 7.41. The van der Waals surface area contributed by atoms with Gasteiger partial charge in [0.2, 0.25) is 0 Å². The molecule has 3 aliphatic carbocycles. The van der Waals surface area contributed by atoms with E-state index in [2.05, 4.69) is 23.5 Å². The summed E-state index contributed by atoms with van der Waals surface area (Å²) in [5.41, 5.74) is 1.64. The van der Waals surface area contributed by atoms with Gasteiger partial charge in [0.25, 0.3) is 0 Å². The Kier molecular flexibility index (Phi) is 2.81. The Morgan fingerprint density at radius 3 is 3.00 bits per heavy atom. The van der Waals surface area contributed by atoms with Crippen molar-refractivity contribution in [2.24, 2.45) is 17.8 Å². The van der Waals surface area contributed by atoms with Crippen LogP contribution in [0, 0.1) is 17.8 Å². The highest BCUT2D eigenvalue weighted by Crippen LogP contribution is 2.43. The molecular weight excluding hydrogens is 238 g/mol. The predicted molar refractivity (Wildman–Crippen MR) is 76.9 cm³/mol. The molecule has 3 aliphatic rings. The summed E-state index contributed by atoms with van der Waals surface area (Å²) in [4.78, 5) is 3.22. The second kappa shape index (κ2) is 4.50. The van der Waals surface area contributed by atoms with Crippen LogP contribution in [0.25, 0.3) is 0 Å². The summed E-state index contributed by atoms with van der Waals surface area (Å²) in [6, 6.07) is 2.45. The molecule has 0 aromatic carbocycles. The third-order valence-corrected chi connectivity index (χ3v) is 6.16. The maximum absolute atomic E-state index is 3.69. The first-order chi connectivity index (χ1) is 8.88. The molecule has 1 fully saturated rings. The first-order valence-corrected chi connectivity index (χ1v) is 8.19. The van der Waals surface area contributed by atoms with E-state index in [4.69, 9.17) is 0 Å². The Morgan fingerprint density at radius 2 is 2.22 bits per heavy atom. The van der Waals surface area contributed by atoms with Crippen LogP contribution >= 0.6 is 11.3 Å². The fourth-order valence-corrected chi connectivity index (χ4v) is 5.22. The van der Waals surface area contributed by atoms with E-state index in [1.165, 1.54) is 38.6 Å². The molecule has 18 heavy (non-hydrogen) atoms. The van der Waals surface area contributed by atoms with E-state index in [1.54, 1.807) is 15.3 Å². The zero-order valence-corrected chi connectivity index (χ0v) is 11.6. The minimum absolute atomic E-state index is 0.885. The molecule has 3 atom stereocenters. The highest BCUT2D eigenvalue weighted by atomic mass is 32.1. The first-order valence-electron chi connectivity index (χ1n) is 7.38. The van der Waals surface area contributed by atoms with E-state index in [-0.39, 0.29) is 0 Å². The van der Waals surface area contributed by atoms with Gasteiger partial charge < -0.3 is 5.32 Å². The van der Waals surface area contributed by atoms with Gasteiger partial charge in [-0.2, -0.15) is 0 Å². The van der Waals surface area contributed by atoms with Crippen LogP contribution in [0.4, 0.5) is 0 Å². The van der Waals surface area contributed by atoms with Crippen molar-refractivity contribution in [3.8, 4) is 0 Å². The predicted octanol–water partition coefficient (Wildman–Crippen LogP) is 3.54. The lowest BCUT2D eigenvalue weighted by Gasteiger charge is -2.18. The van der Waals surface area contributed by atoms with E-state index in [1.807, 2.05) is 11.3 Å². The molecule has 1 saturated carbocycles. The van der Waals surface area contributed by atoms with Crippen LogP contribution in [0.1, 0.15) is 34.6 Å². The first kappa shape index (κ1) is 11.2. The van der Waals surface area contributed by atoms with E-state index >= 15 is 0 Å². The molecular formula is C16H21NS. The molecule has 1 nitrogen and oxygen atoms in total. The largest absolute Gasteiger partial charge is 0.312 e. The quantitative estimate of drug-likeness (QED) is 0.816. The maximum atomic E-state index is 3.69. The van der Waals surface area contributed by atoms with Gasteiger partial charge in [-0.15, -0.1) is 11.3 Å². The molecule has 0 radical (unpaired) electrons. The Balaban J connectivity index is 1.30. The molecule has 0 aliphatic heterocycles. The Labute approximate surface area is 113 Å². The minimum Gasteiger partial charge on any atom is -0.312 e. The monoisotopic (exact) mass is 259 g/mol. The molecule has 1 N–H and O–H groups in total. The summed E-state index contributed by atoms with van der Waals surface area (Å²) in [5.74, 6) is 2.70. The average Bonchev–Trinajstić information content (AvgIpc) is 3.07. The highest BCUT2D eigenvalue weighted by molar-refractivity contribution is 7.12. The summed E-state index contributed by atoms with van der Waals surface area (Å²) in [6.07, 6.45) is 11.8. The molecule has 0 spiro atoms. The van der Waals surface area contributed by atoms with Gasteiger partial charge >= 0.3 is 0 Å². The van der Waals surface area contributed by atoms with Gasteiger partial charge in [-0.1, -0.05) is 12.2 Å². The Hall–Kier alpha value is -0.600. The molecule has 2 heteroatoms. The van der Waals surface area contributed by atoms with Crippen LogP contribution in [0.15, 0.2) is 18.2 Å². The van der Waals surface area contributed by atoms with Crippen molar-refractivity contribution < 1.29 is 0 Å². The molecule has 96 valence electrons. The number of thiophene rings is 1. The van der Waals surface area contributed by atoms with Crippen LogP contribution < -0.4 is 5.32 Å². The molecule has 4 rings (SSSR count). The van der Waals surface area contributed by atoms with Crippen molar-refractivity contribution in [3.63, 3.8) is 0 Å². The van der Waals surface area contributed by atoms with Crippen molar-refractivity contribution in [3.05, 3.63) is 33.5 Å². The summed E-state index contributed by atoms with van der Waals surface area (Å²) in [7, 11) is 0. The lowest BCUT2D eigenvalue weighted by Crippen LogP contribution is -2.24. The summed E-state index contributed by atoms with van der Waals surface area (Å²) < 4.78 is 0. The maximum Gasteiger partial charge on any atom is 0.0300 e. The minimum atomic E-state index is 0.885. The average molecular weight is 259 g/mol. The molecule has 1 heterocycles. The number of hydrogen-bond acceptors (Lipinski definition) is 2. The van der Waals surface area contributed by atoms with Crippen molar-refractivity contribution in [2.45, 2.75) is 38.6 Å². The summed E-state index contributed by atoms with van der Waals surface area (Å²) in [5, 5.41) is 3.69. The van der Waals surface area contributed by atoms with Crippen molar-refractivity contribution in [1.82, 2.24) is 5.32 Å². The Bertz CT molecular complexity index is 452. The van der Waals surface area contributed by atoms with Crippen LogP contribution in [-0.4, -0.2) is 6.54 Å². The topological polar surface area (TPSA) is 12.0 Å². The smallest absolute Gasteiger partial charge is 0.0300 e. The van der Waals surface area contributed by atoms with Crippen molar-refractivity contribution in [2.75, 3.05) is 6.54 Å². The number of allylic oxidation sites excluding steroid dienone is 2. The molecule has 1 aromatic heterocycles. The third kappa shape index (κ3) is 1.96. The second-order valence-electron chi connectivity index (χ2n) is 6.19. The summed E-state index contributed by atoms with van der Waals surface area (Å²) in [6.45, 7) is 2.31. The van der Waals surface area contributed by atoms with Crippen molar-refractivity contribution >= 4 is 11.3 Å².